The second-order valence-corrected chi connectivity index (χ2v) is 9.45. The molecule has 0 amide bonds. The fourth-order valence-corrected chi connectivity index (χ4v) is 8.63. The molecule has 0 atom stereocenters. The van der Waals surface area contributed by atoms with Crippen LogP contribution in [0, 0.1) is 0 Å². The van der Waals surface area contributed by atoms with Gasteiger partial charge in [-0.3, -0.25) is 0 Å². The minimum atomic E-state index is 0.0257. The van der Waals surface area contributed by atoms with Gasteiger partial charge in [-0.15, -0.1) is 0 Å². The van der Waals surface area contributed by atoms with E-state index in [0.717, 1.165) is 0 Å². The summed E-state index contributed by atoms with van der Waals surface area (Å²) >= 11 is 0. The molecule has 11 heavy (non-hydrogen) atoms. The van der Waals surface area contributed by atoms with Crippen LogP contribution in [0.2, 0.25) is 0 Å². The van der Waals surface area contributed by atoms with E-state index in [1.165, 1.54) is 0 Å². The molecule has 2 aliphatic rings. The number of allylic oxidation sites excluding steroid dienone is 4. The lowest BCUT2D eigenvalue weighted by atomic mass is 10.6. The molecule has 0 unspecified atom stereocenters. The largest absolute Gasteiger partial charge is 0.155 e. The fourth-order valence-electron chi connectivity index (χ4n) is 0.855. The molecule has 2 rings (SSSR count). The van der Waals surface area contributed by atoms with Crippen LogP contribution in [-0.4, -0.2) is 0 Å². The van der Waals surface area contributed by atoms with Gasteiger partial charge in [0.1, 0.15) is 0 Å². The normalized spacial score (nSPS) is 25.8. The summed E-state index contributed by atoms with van der Waals surface area (Å²) in [7, 11) is 2.15. The molecule has 0 saturated heterocycles. The van der Waals surface area contributed by atoms with Crippen LogP contribution in [0.5, 0.6) is 0 Å². The molecule has 0 bridgehead atoms. The van der Waals surface area contributed by atoms with E-state index in [-0.39, 0.29) is 19.9 Å². The number of hydrogen-bond acceptors (Lipinski definition) is 1. The third-order valence-corrected chi connectivity index (χ3v) is 9.57. The minimum Gasteiger partial charge on any atom is -0.155 e. The Labute approximate surface area is 75.6 Å². The van der Waals surface area contributed by atoms with Crippen molar-refractivity contribution in [2.75, 3.05) is 0 Å². The average molecular weight is 202 g/mol. The highest BCUT2D eigenvalue weighted by Gasteiger charge is 2.04. The van der Waals surface area contributed by atoms with Crippen molar-refractivity contribution in [1.82, 2.24) is 0 Å². The highest BCUT2D eigenvalue weighted by Crippen LogP contribution is 2.62. The summed E-state index contributed by atoms with van der Waals surface area (Å²) in [4.78, 5) is 0. The molecule has 2 aliphatic heterocycles. The minimum absolute atomic E-state index is 0.0257. The van der Waals surface area contributed by atoms with Crippen LogP contribution in [0.25, 0.3) is 0 Å². The first-order valence-corrected chi connectivity index (χ1v) is 8.38. The van der Waals surface area contributed by atoms with Crippen molar-refractivity contribution >= 4 is 29.7 Å². The lowest BCUT2D eigenvalue weighted by Gasteiger charge is -2.14. The van der Waals surface area contributed by atoms with E-state index >= 15 is 0 Å². The fraction of sp³-hybridized carbons (Fsp3) is 0. The maximum absolute atomic E-state index is 2.31. The van der Waals surface area contributed by atoms with Crippen LogP contribution in [0.4, 0.5) is 0 Å². The summed E-state index contributed by atoms with van der Waals surface area (Å²) in [6.07, 6.45) is 8.60. The standard InChI is InChI=1S/C8H10S3/c1-2-6-10(5-1)9-11-7-3-4-8-11/h1-8,10-11H. The number of rotatable bonds is 2. The molecule has 0 spiro atoms. The van der Waals surface area contributed by atoms with Gasteiger partial charge >= 0.3 is 0 Å². The van der Waals surface area contributed by atoms with E-state index in [9.17, 15) is 0 Å². The average Bonchev–Trinajstić information content (AvgIpc) is 2.60. The molecule has 3 heteroatoms. The number of thiol groups is 2. The van der Waals surface area contributed by atoms with Crippen LogP contribution in [-0.2, 0) is 0 Å². The van der Waals surface area contributed by atoms with Gasteiger partial charge in [0.2, 0.25) is 0 Å². The van der Waals surface area contributed by atoms with Crippen molar-refractivity contribution in [3.8, 4) is 0 Å². The molecule has 0 radical (unpaired) electrons. The Balaban J connectivity index is 1.90. The van der Waals surface area contributed by atoms with Crippen molar-refractivity contribution in [3.05, 3.63) is 45.9 Å². The van der Waals surface area contributed by atoms with Crippen LogP contribution in [0.15, 0.2) is 45.9 Å². The predicted octanol–water partition coefficient (Wildman–Crippen LogP) is 3.63. The zero-order valence-corrected chi connectivity index (χ0v) is 8.53. The zero-order valence-electron chi connectivity index (χ0n) is 5.92. The molecular formula is C8H10S3. The highest BCUT2D eigenvalue weighted by atomic mass is 33.5. The smallest absolute Gasteiger partial charge is 0.0360 e. The first-order valence-electron chi connectivity index (χ1n) is 3.40. The van der Waals surface area contributed by atoms with E-state index in [1.54, 1.807) is 0 Å². The van der Waals surface area contributed by atoms with Crippen molar-refractivity contribution in [2.24, 2.45) is 0 Å². The Morgan fingerprint density at radius 3 is 1.36 bits per heavy atom. The molecule has 0 aromatic carbocycles. The van der Waals surface area contributed by atoms with Crippen molar-refractivity contribution in [2.45, 2.75) is 0 Å². The van der Waals surface area contributed by atoms with Crippen LogP contribution in [0.1, 0.15) is 0 Å². The molecule has 2 heterocycles. The molecular weight excluding hydrogens is 192 g/mol. The van der Waals surface area contributed by atoms with E-state index in [2.05, 4.69) is 55.8 Å². The molecule has 0 aromatic rings. The quantitative estimate of drug-likeness (QED) is 0.509. The Hall–Kier alpha value is 0.01000. The molecule has 0 aromatic heterocycles. The van der Waals surface area contributed by atoms with Gasteiger partial charge in [-0.1, -0.05) is 34.1 Å². The van der Waals surface area contributed by atoms with Gasteiger partial charge < -0.3 is 0 Å². The lowest BCUT2D eigenvalue weighted by molar-refractivity contribution is 2.15. The number of hydrogen-bond donors (Lipinski definition) is 2. The highest BCUT2D eigenvalue weighted by molar-refractivity contribution is 9.20. The Morgan fingerprint density at radius 2 is 1.00 bits per heavy atom. The summed E-state index contributed by atoms with van der Waals surface area (Å²) in [6.45, 7) is 0. The maximum Gasteiger partial charge on any atom is -0.0360 e. The van der Waals surface area contributed by atoms with Gasteiger partial charge in [0.25, 0.3) is 0 Å². The Morgan fingerprint density at radius 1 is 0.636 bits per heavy atom. The van der Waals surface area contributed by atoms with Crippen molar-refractivity contribution in [1.29, 1.82) is 0 Å². The maximum atomic E-state index is 2.31. The van der Waals surface area contributed by atoms with Gasteiger partial charge in [0.15, 0.2) is 0 Å². The van der Waals surface area contributed by atoms with Gasteiger partial charge in [-0.05, 0) is 21.6 Å². The molecule has 0 N–H and O–H groups in total. The monoisotopic (exact) mass is 202 g/mol. The predicted molar refractivity (Wildman–Crippen MR) is 62.1 cm³/mol. The van der Waals surface area contributed by atoms with Gasteiger partial charge in [0, 0.05) is 0 Å². The Bertz CT molecular complexity index is 200. The van der Waals surface area contributed by atoms with Crippen LogP contribution in [0.3, 0.4) is 0 Å². The summed E-state index contributed by atoms with van der Waals surface area (Å²) in [5, 5.41) is 9.23. The first kappa shape index (κ1) is 7.65. The molecule has 0 aliphatic carbocycles. The van der Waals surface area contributed by atoms with Gasteiger partial charge in [-0.25, -0.2) is 0 Å². The third kappa shape index (κ3) is 1.98. The van der Waals surface area contributed by atoms with E-state index in [0.29, 0.717) is 0 Å². The summed E-state index contributed by atoms with van der Waals surface area (Å²) < 4.78 is 0. The second kappa shape index (κ2) is 3.61. The van der Waals surface area contributed by atoms with Crippen LogP contribution < -0.4 is 0 Å². The summed E-state index contributed by atoms with van der Waals surface area (Å²) in [5.74, 6) is 0. The molecule has 0 fully saturated rings. The van der Waals surface area contributed by atoms with Crippen LogP contribution >= 0.6 is 29.7 Å². The van der Waals surface area contributed by atoms with E-state index < -0.39 is 0 Å². The Kier molecular flexibility index (Phi) is 2.51. The third-order valence-electron chi connectivity index (χ3n) is 1.34. The van der Waals surface area contributed by atoms with E-state index in [4.69, 9.17) is 0 Å². The first-order chi connectivity index (χ1) is 5.45. The topological polar surface area (TPSA) is 0 Å². The molecule has 60 valence electrons. The van der Waals surface area contributed by atoms with Gasteiger partial charge in [-0.2, -0.15) is 19.9 Å². The molecule has 0 saturated carbocycles. The summed E-state index contributed by atoms with van der Waals surface area (Å²) in [6, 6.07) is 0. The summed E-state index contributed by atoms with van der Waals surface area (Å²) in [5.41, 5.74) is 0. The SMILES string of the molecule is C1=C[SH](S[SH]2C=CC=C2)C=C1. The lowest BCUT2D eigenvalue weighted by Crippen LogP contribution is -1.56. The molecule has 0 nitrogen and oxygen atoms in total. The van der Waals surface area contributed by atoms with E-state index in [1.807, 2.05) is 0 Å². The van der Waals surface area contributed by atoms with Crippen molar-refractivity contribution in [3.63, 3.8) is 0 Å². The zero-order chi connectivity index (χ0) is 7.52. The van der Waals surface area contributed by atoms with Gasteiger partial charge in [0.05, 0.1) is 0 Å². The van der Waals surface area contributed by atoms with Crippen molar-refractivity contribution < 1.29 is 0 Å². The second-order valence-electron chi connectivity index (χ2n) is 2.17.